The van der Waals surface area contributed by atoms with E-state index in [1.54, 1.807) is 0 Å². The number of amides is 5. The van der Waals surface area contributed by atoms with Crippen molar-refractivity contribution in [2.75, 3.05) is 12.4 Å². The van der Waals surface area contributed by atoms with Crippen LogP contribution >= 0.6 is 12.6 Å². The summed E-state index contributed by atoms with van der Waals surface area (Å²) in [6.45, 7) is -0.668. The molecule has 0 heterocycles. The van der Waals surface area contributed by atoms with Gasteiger partial charge in [0.15, 0.2) is 0 Å². The van der Waals surface area contributed by atoms with Crippen molar-refractivity contribution in [2.24, 2.45) is 17.2 Å². The van der Waals surface area contributed by atoms with Crippen molar-refractivity contribution in [3.05, 3.63) is 0 Å². The highest BCUT2D eigenvalue weighted by atomic mass is 32.1. The zero-order valence-electron chi connectivity index (χ0n) is 16.6. The molecule has 0 aromatic rings. The number of carboxylic acid groups (broad SMARTS) is 1. The number of aliphatic hydroxyl groups is 1. The van der Waals surface area contributed by atoms with Crippen LogP contribution in [0.1, 0.15) is 25.7 Å². The molecule has 0 fully saturated rings. The molecule has 5 amide bonds. The normalized spacial score (nSPS) is 14.4. The standard InChI is InChI=1S/C16H28N6O8S/c17-7(5-23)13(26)22-10(6-31)15(28)20-8(1-3-11(18)24)14(27)21-9(16(29)30)2-4-12(19)25/h7-10,23,31H,1-6,17H2,(H2,18,24)(H2,19,25)(H,20,28)(H,21,27)(H,22,26)(H,29,30). The molecule has 0 aromatic carbocycles. The average molecular weight is 465 g/mol. The molecule has 0 aromatic heterocycles. The molecule has 0 aliphatic rings. The first-order chi connectivity index (χ1) is 14.4. The molecule has 15 heteroatoms. The molecule has 0 aliphatic carbocycles. The first-order valence-electron chi connectivity index (χ1n) is 9.10. The van der Waals surface area contributed by atoms with E-state index in [4.69, 9.17) is 22.3 Å². The number of hydrogen-bond donors (Lipinski definition) is 9. The third kappa shape index (κ3) is 11.2. The Morgan fingerprint density at radius 3 is 1.61 bits per heavy atom. The first kappa shape index (κ1) is 28.1. The minimum Gasteiger partial charge on any atom is -0.480 e. The maximum atomic E-state index is 12.5. The van der Waals surface area contributed by atoms with Crippen molar-refractivity contribution in [1.29, 1.82) is 0 Å². The molecule has 0 rings (SSSR count). The Labute approximate surface area is 183 Å². The second kappa shape index (κ2) is 14.2. The molecule has 0 spiro atoms. The van der Waals surface area contributed by atoms with Crippen molar-refractivity contribution in [3.8, 4) is 0 Å². The number of primary amides is 2. The van der Waals surface area contributed by atoms with E-state index in [-0.39, 0.29) is 31.4 Å². The predicted octanol–water partition coefficient (Wildman–Crippen LogP) is -4.69. The number of nitrogens with two attached hydrogens (primary N) is 3. The van der Waals surface area contributed by atoms with Gasteiger partial charge in [-0.05, 0) is 12.8 Å². The smallest absolute Gasteiger partial charge is 0.326 e. The highest BCUT2D eigenvalue weighted by molar-refractivity contribution is 7.80. The highest BCUT2D eigenvalue weighted by Gasteiger charge is 2.30. The average Bonchev–Trinajstić information content (AvgIpc) is 2.70. The number of carbonyl (C=O) groups excluding carboxylic acids is 5. The van der Waals surface area contributed by atoms with Crippen LogP contribution in [0.5, 0.6) is 0 Å². The number of carboxylic acids is 1. The molecule has 0 radical (unpaired) electrons. The minimum atomic E-state index is -1.48. The van der Waals surface area contributed by atoms with Crippen LogP contribution in [0.25, 0.3) is 0 Å². The molecule has 11 N–H and O–H groups in total. The van der Waals surface area contributed by atoms with Gasteiger partial charge in [0, 0.05) is 18.6 Å². The lowest BCUT2D eigenvalue weighted by Crippen LogP contribution is -2.58. The summed E-state index contributed by atoms with van der Waals surface area (Å²) in [5, 5.41) is 24.8. The number of carbonyl (C=O) groups is 6. The van der Waals surface area contributed by atoms with Gasteiger partial charge < -0.3 is 43.4 Å². The van der Waals surface area contributed by atoms with E-state index in [9.17, 15) is 33.9 Å². The highest BCUT2D eigenvalue weighted by Crippen LogP contribution is 2.04. The Morgan fingerprint density at radius 1 is 0.774 bits per heavy atom. The Kier molecular flexibility index (Phi) is 12.8. The summed E-state index contributed by atoms with van der Waals surface area (Å²) in [5.74, 6) is -5.85. The van der Waals surface area contributed by atoms with Gasteiger partial charge in [-0.25, -0.2) is 4.79 Å². The lowest BCUT2D eigenvalue weighted by atomic mass is 10.1. The lowest BCUT2D eigenvalue weighted by molar-refractivity contribution is -0.142. The zero-order chi connectivity index (χ0) is 24.1. The fourth-order valence-corrected chi connectivity index (χ4v) is 2.46. The molecule has 0 saturated heterocycles. The maximum Gasteiger partial charge on any atom is 0.326 e. The Morgan fingerprint density at radius 2 is 1.19 bits per heavy atom. The number of hydrogen-bond acceptors (Lipinski definition) is 9. The van der Waals surface area contributed by atoms with Gasteiger partial charge in [-0.3, -0.25) is 24.0 Å². The third-order valence-electron chi connectivity index (χ3n) is 3.96. The molecule has 0 aliphatic heterocycles. The van der Waals surface area contributed by atoms with Gasteiger partial charge in [0.25, 0.3) is 0 Å². The van der Waals surface area contributed by atoms with Crippen LogP contribution in [0.15, 0.2) is 0 Å². The molecule has 4 atom stereocenters. The zero-order valence-corrected chi connectivity index (χ0v) is 17.5. The van der Waals surface area contributed by atoms with Gasteiger partial charge in [-0.15, -0.1) is 0 Å². The summed E-state index contributed by atoms with van der Waals surface area (Å²) in [7, 11) is 0. The SMILES string of the molecule is NC(=O)CCC(NC(=O)C(CCC(N)=O)NC(=O)C(CS)NC(=O)C(N)CO)C(=O)O. The fraction of sp³-hybridized carbons (Fsp3) is 0.625. The van der Waals surface area contributed by atoms with Gasteiger partial charge in [0.05, 0.1) is 6.61 Å². The van der Waals surface area contributed by atoms with Crippen LogP contribution in [0.2, 0.25) is 0 Å². The predicted molar refractivity (Wildman–Crippen MR) is 109 cm³/mol. The van der Waals surface area contributed by atoms with E-state index in [1.165, 1.54) is 0 Å². The molecular formula is C16H28N6O8S. The number of rotatable bonds is 15. The van der Waals surface area contributed by atoms with Crippen molar-refractivity contribution in [1.82, 2.24) is 16.0 Å². The van der Waals surface area contributed by atoms with Gasteiger partial charge in [-0.1, -0.05) is 0 Å². The maximum absolute atomic E-state index is 12.5. The number of aliphatic carboxylic acids is 1. The molecule has 0 saturated carbocycles. The third-order valence-corrected chi connectivity index (χ3v) is 4.32. The van der Waals surface area contributed by atoms with Crippen molar-refractivity contribution in [2.45, 2.75) is 49.9 Å². The van der Waals surface area contributed by atoms with Crippen LogP contribution in [0, 0.1) is 0 Å². The summed E-state index contributed by atoms with van der Waals surface area (Å²) in [6.07, 6.45) is -1.18. The lowest BCUT2D eigenvalue weighted by Gasteiger charge is -2.24. The Hall–Kier alpha value is -2.91. The molecule has 14 nitrogen and oxygen atoms in total. The Bertz CT molecular complexity index is 691. The summed E-state index contributed by atoms with van der Waals surface area (Å²) in [4.78, 5) is 70.0. The van der Waals surface area contributed by atoms with Crippen LogP contribution in [0.4, 0.5) is 0 Å². The van der Waals surface area contributed by atoms with E-state index in [0.717, 1.165) is 0 Å². The van der Waals surface area contributed by atoms with Gasteiger partial charge >= 0.3 is 5.97 Å². The molecule has 4 unspecified atom stereocenters. The van der Waals surface area contributed by atoms with E-state index in [0.29, 0.717) is 0 Å². The van der Waals surface area contributed by atoms with Crippen molar-refractivity contribution < 1.29 is 39.0 Å². The molecule has 0 bridgehead atoms. The summed E-state index contributed by atoms with van der Waals surface area (Å²) < 4.78 is 0. The van der Waals surface area contributed by atoms with Gasteiger partial charge in [0.1, 0.15) is 24.2 Å². The van der Waals surface area contributed by atoms with E-state index in [1.807, 2.05) is 0 Å². The Balaban J connectivity index is 5.33. The molecule has 176 valence electrons. The van der Waals surface area contributed by atoms with E-state index >= 15 is 0 Å². The number of nitrogens with one attached hydrogen (secondary N) is 3. The molecular weight excluding hydrogens is 436 g/mol. The van der Waals surface area contributed by atoms with Crippen LogP contribution in [-0.2, 0) is 28.8 Å². The topological polar surface area (TPSA) is 257 Å². The number of thiol groups is 1. The van der Waals surface area contributed by atoms with Gasteiger partial charge in [-0.2, -0.15) is 12.6 Å². The number of aliphatic hydroxyl groups excluding tert-OH is 1. The summed E-state index contributed by atoms with van der Waals surface area (Å²) in [6, 6.07) is -5.40. The van der Waals surface area contributed by atoms with E-state index < -0.39 is 66.3 Å². The summed E-state index contributed by atoms with van der Waals surface area (Å²) in [5.41, 5.74) is 15.4. The minimum absolute atomic E-state index is 0.198. The quantitative estimate of drug-likeness (QED) is 0.105. The largest absolute Gasteiger partial charge is 0.480 e. The van der Waals surface area contributed by atoms with Crippen LogP contribution in [0.3, 0.4) is 0 Å². The van der Waals surface area contributed by atoms with Crippen molar-refractivity contribution >= 4 is 48.1 Å². The second-order valence-corrected chi connectivity index (χ2v) is 6.87. The van der Waals surface area contributed by atoms with Gasteiger partial charge in [0.2, 0.25) is 29.5 Å². The van der Waals surface area contributed by atoms with E-state index in [2.05, 4.69) is 28.6 Å². The second-order valence-electron chi connectivity index (χ2n) is 6.50. The first-order valence-corrected chi connectivity index (χ1v) is 9.73. The summed E-state index contributed by atoms with van der Waals surface area (Å²) >= 11 is 3.94. The van der Waals surface area contributed by atoms with Crippen LogP contribution in [-0.4, -0.2) is 82.2 Å². The van der Waals surface area contributed by atoms with Crippen molar-refractivity contribution in [3.63, 3.8) is 0 Å². The molecule has 31 heavy (non-hydrogen) atoms. The fourth-order valence-electron chi connectivity index (χ4n) is 2.20. The monoisotopic (exact) mass is 464 g/mol. The van der Waals surface area contributed by atoms with Crippen LogP contribution < -0.4 is 33.2 Å².